The van der Waals surface area contributed by atoms with Crippen molar-refractivity contribution in [2.45, 2.75) is 39.7 Å². The number of benzene rings is 1. The van der Waals surface area contributed by atoms with Gasteiger partial charge in [0.05, 0.1) is 18.3 Å². The molecular formula is C20H21FN2O3S. The molecule has 7 heteroatoms. The molecule has 3 aromatic rings. The molecule has 0 fully saturated rings. The molecule has 5 nitrogen and oxygen atoms in total. The highest BCUT2D eigenvalue weighted by molar-refractivity contribution is 7.19. The maximum absolute atomic E-state index is 13.3. The van der Waals surface area contributed by atoms with E-state index in [0.717, 1.165) is 28.8 Å². The van der Waals surface area contributed by atoms with Crippen molar-refractivity contribution in [2.24, 2.45) is 0 Å². The van der Waals surface area contributed by atoms with Gasteiger partial charge in [-0.05, 0) is 38.0 Å². The van der Waals surface area contributed by atoms with Crippen LogP contribution in [0.4, 0.5) is 4.39 Å². The minimum atomic E-state index is -0.771. The number of unbranched alkanes of at least 4 members (excludes halogenated alkanes) is 1. The van der Waals surface area contributed by atoms with Crippen LogP contribution in [0.25, 0.3) is 21.3 Å². The van der Waals surface area contributed by atoms with Gasteiger partial charge >= 0.3 is 5.97 Å². The number of thiophene rings is 1. The second kappa shape index (κ2) is 8.00. The summed E-state index contributed by atoms with van der Waals surface area (Å²) in [6.07, 6.45) is 3.09. The Labute approximate surface area is 160 Å². The van der Waals surface area contributed by atoms with Gasteiger partial charge in [-0.2, -0.15) is 0 Å². The van der Waals surface area contributed by atoms with E-state index in [1.165, 1.54) is 34.4 Å². The van der Waals surface area contributed by atoms with Crippen LogP contribution in [0.3, 0.4) is 0 Å². The monoisotopic (exact) mass is 388 g/mol. The number of hydrogen-bond donors (Lipinski definition) is 0. The zero-order valence-corrected chi connectivity index (χ0v) is 16.3. The second-order valence-electron chi connectivity index (χ2n) is 6.37. The summed E-state index contributed by atoms with van der Waals surface area (Å²) in [5, 5.41) is 0.444. The summed E-state index contributed by atoms with van der Waals surface area (Å²) in [7, 11) is 0. The lowest BCUT2D eigenvalue weighted by molar-refractivity contribution is -0.147. The van der Waals surface area contributed by atoms with Crippen molar-refractivity contribution in [1.82, 2.24) is 9.55 Å². The summed E-state index contributed by atoms with van der Waals surface area (Å²) in [5.74, 6) is -0.795. The fraction of sp³-hybridized carbons (Fsp3) is 0.350. The number of aryl methyl sites for hydroxylation is 1. The molecule has 0 saturated heterocycles. The molecule has 2 heterocycles. The van der Waals surface area contributed by atoms with Gasteiger partial charge < -0.3 is 4.74 Å². The number of carbonyl (C=O) groups excluding carboxylic acids is 1. The van der Waals surface area contributed by atoms with Crippen LogP contribution in [-0.2, 0) is 9.53 Å². The molecule has 0 aliphatic carbocycles. The van der Waals surface area contributed by atoms with Crippen LogP contribution in [0.2, 0.25) is 0 Å². The van der Waals surface area contributed by atoms with Crippen LogP contribution in [-0.4, -0.2) is 22.1 Å². The summed E-state index contributed by atoms with van der Waals surface area (Å²) in [5.41, 5.74) is 1.17. The van der Waals surface area contributed by atoms with Gasteiger partial charge in [0, 0.05) is 10.4 Å². The summed E-state index contributed by atoms with van der Waals surface area (Å²) < 4.78 is 19.8. The Hall–Kier alpha value is -2.54. The molecule has 1 aromatic carbocycles. The average Bonchev–Trinajstić information content (AvgIpc) is 2.99. The molecule has 0 aliphatic heterocycles. The van der Waals surface area contributed by atoms with Crippen LogP contribution in [0, 0.1) is 12.7 Å². The molecule has 3 rings (SSSR count). The van der Waals surface area contributed by atoms with Crippen molar-refractivity contribution in [3.63, 3.8) is 0 Å². The molecule has 0 aliphatic rings. The van der Waals surface area contributed by atoms with Gasteiger partial charge in [0.15, 0.2) is 0 Å². The standard InChI is InChI=1S/C20H21FN2O3S/c1-4-5-10-26-20(25)12(2)23-11-22-18-17(19(23)24)16(13(3)27-18)14-6-8-15(21)9-7-14/h6-9,11-12H,4-5,10H2,1-3H3/t12-/m0/s1. The smallest absolute Gasteiger partial charge is 0.328 e. The number of nitrogens with zero attached hydrogens (tertiary/aromatic N) is 2. The number of hydrogen-bond acceptors (Lipinski definition) is 5. The SMILES string of the molecule is CCCCOC(=O)[C@H](C)n1cnc2sc(C)c(-c3ccc(F)cc3)c2c1=O. The van der Waals surface area contributed by atoms with E-state index in [1.54, 1.807) is 19.1 Å². The van der Waals surface area contributed by atoms with Gasteiger partial charge in [-0.15, -0.1) is 11.3 Å². The van der Waals surface area contributed by atoms with Gasteiger partial charge in [0.25, 0.3) is 5.56 Å². The van der Waals surface area contributed by atoms with Crippen LogP contribution in [0.1, 0.15) is 37.6 Å². The Balaban J connectivity index is 2.06. The molecule has 0 unspecified atom stereocenters. The second-order valence-corrected chi connectivity index (χ2v) is 7.58. The van der Waals surface area contributed by atoms with Gasteiger partial charge in [-0.1, -0.05) is 25.5 Å². The quantitative estimate of drug-likeness (QED) is 0.461. The van der Waals surface area contributed by atoms with Crippen molar-refractivity contribution in [3.05, 3.63) is 51.6 Å². The van der Waals surface area contributed by atoms with Crippen LogP contribution >= 0.6 is 11.3 Å². The predicted octanol–water partition coefficient (Wildman–Crippen LogP) is 4.48. The third-order valence-electron chi connectivity index (χ3n) is 4.45. The van der Waals surface area contributed by atoms with Gasteiger partial charge in [0.2, 0.25) is 0 Å². The first-order valence-electron chi connectivity index (χ1n) is 8.86. The van der Waals surface area contributed by atoms with Crippen molar-refractivity contribution in [3.8, 4) is 11.1 Å². The van der Waals surface area contributed by atoms with Gasteiger partial charge in [-0.25, -0.2) is 14.2 Å². The Kier molecular flexibility index (Phi) is 5.70. The molecule has 1 atom stereocenters. The molecule has 0 spiro atoms. The predicted molar refractivity (Wildman–Crippen MR) is 105 cm³/mol. The average molecular weight is 388 g/mol. The number of rotatable bonds is 6. The fourth-order valence-electron chi connectivity index (χ4n) is 2.91. The Morgan fingerprint density at radius 2 is 2.04 bits per heavy atom. The minimum Gasteiger partial charge on any atom is -0.464 e. The van der Waals surface area contributed by atoms with E-state index in [9.17, 15) is 14.0 Å². The number of aromatic nitrogens is 2. The van der Waals surface area contributed by atoms with E-state index in [1.807, 2.05) is 13.8 Å². The molecule has 0 amide bonds. The molecule has 142 valence electrons. The topological polar surface area (TPSA) is 61.2 Å². The number of fused-ring (bicyclic) bond motifs is 1. The Morgan fingerprint density at radius 3 is 2.70 bits per heavy atom. The minimum absolute atomic E-state index is 0.302. The molecule has 0 bridgehead atoms. The lowest BCUT2D eigenvalue weighted by atomic mass is 10.0. The lowest BCUT2D eigenvalue weighted by Gasteiger charge is -2.14. The highest BCUT2D eigenvalue weighted by atomic mass is 32.1. The third kappa shape index (κ3) is 3.78. The maximum Gasteiger partial charge on any atom is 0.328 e. The van der Waals surface area contributed by atoms with E-state index < -0.39 is 12.0 Å². The molecule has 0 saturated carbocycles. The molecular weight excluding hydrogens is 367 g/mol. The highest BCUT2D eigenvalue weighted by Gasteiger charge is 2.22. The molecule has 0 radical (unpaired) electrons. The van der Waals surface area contributed by atoms with Crippen molar-refractivity contribution >= 4 is 27.5 Å². The summed E-state index contributed by atoms with van der Waals surface area (Å²) >= 11 is 1.40. The van der Waals surface area contributed by atoms with Crippen molar-refractivity contribution in [2.75, 3.05) is 6.61 Å². The first-order chi connectivity index (χ1) is 12.9. The van der Waals surface area contributed by atoms with E-state index in [4.69, 9.17) is 4.74 Å². The summed E-state index contributed by atoms with van der Waals surface area (Å²) in [4.78, 5) is 31.3. The summed E-state index contributed by atoms with van der Waals surface area (Å²) in [6.45, 7) is 5.87. The fourth-order valence-corrected chi connectivity index (χ4v) is 3.91. The van der Waals surface area contributed by atoms with Crippen LogP contribution in [0.5, 0.6) is 0 Å². The maximum atomic E-state index is 13.3. The van der Waals surface area contributed by atoms with Crippen molar-refractivity contribution in [1.29, 1.82) is 0 Å². The number of ether oxygens (including phenoxy) is 1. The van der Waals surface area contributed by atoms with E-state index >= 15 is 0 Å². The molecule has 2 aromatic heterocycles. The zero-order chi connectivity index (χ0) is 19.6. The van der Waals surface area contributed by atoms with Crippen molar-refractivity contribution < 1.29 is 13.9 Å². The molecule has 0 N–H and O–H groups in total. The number of esters is 1. The zero-order valence-electron chi connectivity index (χ0n) is 15.5. The Bertz CT molecular complexity index is 1020. The summed E-state index contributed by atoms with van der Waals surface area (Å²) in [6, 6.07) is 5.24. The van der Waals surface area contributed by atoms with Gasteiger partial charge in [-0.3, -0.25) is 9.36 Å². The Morgan fingerprint density at radius 1 is 1.33 bits per heavy atom. The third-order valence-corrected chi connectivity index (χ3v) is 5.46. The van der Waals surface area contributed by atoms with Crippen LogP contribution < -0.4 is 5.56 Å². The van der Waals surface area contributed by atoms with E-state index in [-0.39, 0.29) is 11.4 Å². The lowest BCUT2D eigenvalue weighted by Crippen LogP contribution is -2.29. The first kappa shape index (κ1) is 19.2. The molecule has 27 heavy (non-hydrogen) atoms. The normalized spacial score (nSPS) is 12.3. The number of halogens is 1. The number of carbonyl (C=O) groups is 1. The van der Waals surface area contributed by atoms with Crippen LogP contribution in [0.15, 0.2) is 35.4 Å². The van der Waals surface area contributed by atoms with Gasteiger partial charge in [0.1, 0.15) is 16.7 Å². The largest absolute Gasteiger partial charge is 0.464 e. The van der Waals surface area contributed by atoms with E-state index in [2.05, 4.69) is 4.98 Å². The first-order valence-corrected chi connectivity index (χ1v) is 9.68. The highest BCUT2D eigenvalue weighted by Crippen LogP contribution is 2.35. The van der Waals surface area contributed by atoms with E-state index in [0.29, 0.717) is 16.8 Å².